The van der Waals surface area contributed by atoms with Gasteiger partial charge in [0.1, 0.15) is 24.2 Å². The summed E-state index contributed by atoms with van der Waals surface area (Å²) in [6.07, 6.45) is 5.10. The summed E-state index contributed by atoms with van der Waals surface area (Å²) in [5, 5.41) is 9.34. The Balaban J connectivity index is 0.745. The molecule has 13 nitrogen and oxygen atoms in total. The van der Waals surface area contributed by atoms with Crippen molar-refractivity contribution in [3.8, 4) is 5.75 Å². The standard InChI is InChI=1S/C43H43N7O6/c1-42(2,26-5-10-33(11-6-26)56-22-29-15-16-44-41(47-29)49-23-43(24-49)20-32(51)21-43)25-3-7-27(8-4-25)45-30-17-31(18-30)46-28-9-12-34-35(19-28)40(55)50(39(34)54)36-13-14-37(52)48-38(36)53/h3-12,15-16,19,30-31,36,45-46H,13-14,17-18,20-24H2,1-2H3,(H,48,52,53). The zero-order chi connectivity index (χ0) is 38.8. The molecule has 5 aliphatic rings. The first-order valence-corrected chi connectivity index (χ1v) is 19.2. The van der Waals surface area contributed by atoms with E-state index in [-0.39, 0.29) is 46.9 Å². The molecule has 1 aromatic heterocycles. The highest BCUT2D eigenvalue weighted by Gasteiger charge is 2.53. The predicted molar refractivity (Wildman–Crippen MR) is 207 cm³/mol. The zero-order valence-electron chi connectivity index (χ0n) is 31.3. The molecule has 2 aliphatic carbocycles. The van der Waals surface area contributed by atoms with E-state index in [2.05, 4.69) is 76.1 Å². The average Bonchev–Trinajstić information content (AvgIpc) is 3.39. The van der Waals surface area contributed by atoms with E-state index in [1.807, 2.05) is 18.2 Å². The lowest BCUT2D eigenvalue weighted by Gasteiger charge is -2.54. The lowest BCUT2D eigenvalue weighted by Crippen LogP contribution is -2.63. The van der Waals surface area contributed by atoms with Gasteiger partial charge in [0.15, 0.2) is 0 Å². The van der Waals surface area contributed by atoms with Crippen LogP contribution in [0.1, 0.15) is 89.9 Å². The number of carbonyl (C=O) groups is 5. The van der Waals surface area contributed by atoms with Crippen LogP contribution in [0, 0.1) is 5.41 Å². The minimum Gasteiger partial charge on any atom is -0.487 e. The maximum atomic E-state index is 13.2. The number of ether oxygens (including phenoxy) is 1. The summed E-state index contributed by atoms with van der Waals surface area (Å²) in [7, 11) is 0. The van der Waals surface area contributed by atoms with Crippen LogP contribution in [0.3, 0.4) is 0 Å². The van der Waals surface area contributed by atoms with Crippen LogP contribution in [0.4, 0.5) is 17.3 Å². The molecule has 4 heterocycles. The van der Waals surface area contributed by atoms with Crippen LogP contribution >= 0.6 is 0 Å². The quantitative estimate of drug-likeness (QED) is 0.177. The molecule has 4 fully saturated rings. The van der Waals surface area contributed by atoms with Gasteiger partial charge in [0, 0.05) is 72.8 Å². The van der Waals surface area contributed by atoms with Crippen LogP contribution in [0.5, 0.6) is 5.75 Å². The van der Waals surface area contributed by atoms with Crippen LogP contribution in [0.15, 0.2) is 79.0 Å². The number of anilines is 3. The van der Waals surface area contributed by atoms with E-state index in [1.165, 1.54) is 11.1 Å². The molecule has 0 bridgehead atoms. The smallest absolute Gasteiger partial charge is 0.262 e. The lowest BCUT2D eigenvalue weighted by atomic mass is 9.63. The third-order valence-electron chi connectivity index (χ3n) is 12.1. The topological polar surface area (TPSA) is 163 Å². The zero-order valence-corrected chi connectivity index (χ0v) is 31.3. The summed E-state index contributed by atoms with van der Waals surface area (Å²) >= 11 is 0. The average molecular weight is 754 g/mol. The highest BCUT2D eigenvalue weighted by Crippen LogP contribution is 2.46. The van der Waals surface area contributed by atoms with Gasteiger partial charge in [-0.05, 0) is 78.9 Å². The van der Waals surface area contributed by atoms with E-state index in [9.17, 15) is 24.0 Å². The molecule has 1 spiro atoms. The van der Waals surface area contributed by atoms with Gasteiger partial charge in [-0.1, -0.05) is 38.1 Å². The van der Waals surface area contributed by atoms with Crippen molar-refractivity contribution >= 4 is 46.7 Å². The van der Waals surface area contributed by atoms with Crippen molar-refractivity contribution in [2.24, 2.45) is 5.41 Å². The van der Waals surface area contributed by atoms with Crippen LogP contribution in [-0.2, 0) is 26.4 Å². The molecule has 3 N–H and O–H groups in total. The fourth-order valence-electron chi connectivity index (χ4n) is 8.69. The highest BCUT2D eigenvalue weighted by atomic mass is 16.5. The molecule has 9 rings (SSSR count). The fourth-order valence-corrected chi connectivity index (χ4v) is 8.69. The van der Waals surface area contributed by atoms with Crippen molar-refractivity contribution in [1.82, 2.24) is 20.2 Å². The van der Waals surface area contributed by atoms with E-state index in [0.29, 0.717) is 31.2 Å². The number of imide groups is 2. The maximum Gasteiger partial charge on any atom is 0.262 e. The predicted octanol–water partition coefficient (Wildman–Crippen LogP) is 5.01. The number of ketones is 1. The number of hydrogen-bond donors (Lipinski definition) is 3. The van der Waals surface area contributed by atoms with Crippen LogP contribution in [0.25, 0.3) is 0 Å². The summed E-state index contributed by atoms with van der Waals surface area (Å²) in [6.45, 7) is 6.44. The van der Waals surface area contributed by atoms with Gasteiger partial charge in [-0.3, -0.25) is 34.2 Å². The van der Waals surface area contributed by atoms with Gasteiger partial charge < -0.3 is 20.3 Å². The van der Waals surface area contributed by atoms with Gasteiger partial charge in [0.2, 0.25) is 17.8 Å². The molecule has 1 atom stereocenters. The van der Waals surface area contributed by atoms with Crippen molar-refractivity contribution < 1.29 is 28.7 Å². The minimum absolute atomic E-state index is 0.0858. The van der Waals surface area contributed by atoms with Gasteiger partial charge in [0.05, 0.1) is 16.8 Å². The van der Waals surface area contributed by atoms with E-state index in [1.54, 1.807) is 24.4 Å². The fraction of sp³-hybridized carbons (Fsp3) is 0.372. The monoisotopic (exact) mass is 753 g/mol. The molecule has 2 saturated heterocycles. The maximum absolute atomic E-state index is 13.2. The van der Waals surface area contributed by atoms with Gasteiger partial charge in [-0.25, -0.2) is 9.97 Å². The van der Waals surface area contributed by atoms with Gasteiger partial charge >= 0.3 is 0 Å². The van der Waals surface area contributed by atoms with Crippen LogP contribution in [-0.4, -0.2) is 75.5 Å². The molecule has 0 radical (unpaired) electrons. The third kappa shape index (κ3) is 6.54. The summed E-state index contributed by atoms with van der Waals surface area (Å²) < 4.78 is 6.09. The SMILES string of the molecule is CC(C)(c1ccc(NC2CC(Nc3ccc4c(c3)C(=O)N(C3CCC(=O)NC3=O)C4=O)C2)cc1)c1ccc(OCc2ccnc(N3CC4(CC(=O)C4)C3)n2)cc1. The molecule has 1 unspecified atom stereocenters. The highest BCUT2D eigenvalue weighted by molar-refractivity contribution is 6.23. The Morgan fingerprint density at radius 1 is 0.821 bits per heavy atom. The van der Waals surface area contributed by atoms with Crippen molar-refractivity contribution in [3.05, 3.63) is 107 Å². The summed E-state index contributed by atoms with van der Waals surface area (Å²) in [5.41, 5.74) is 5.42. The van der Waals surface area contributed by atoms with Gasteiger partial charge in [-0.2, -0.15) is 0 Å². The molecule has 13 heteroatoms. The van der Waals surface area contributed by atoms with Gasteiger partial charge in [0.25, 0.3) is 11.8 Å². The number of amides is 4. The number of benzene rings is 3. The first-order valence-electron chi connectivity index (χ1n) is 19.2. The summed E-state index contributed by atoms with van der Waals surface area (Å²) in [5.74, 6) is -0.221. The normalized spacial score (nSPS) is 22.5. The molecule has 4 amide bonds. The van der Waals surface area contributed by atoms with Crippen molar-refractivity contribution in [3.63, 3.8) is 0 Å². The number of hydrogen-bond acceptors (Lipinski definition) is 11. The number of piperidine rings is 1. The molecular weight excluding hydrogens is 711 g/mol. The van der Waals surface area contributed by atoms with E-state index in [0.717, 1.165) is 53.6 Å². The number of aromatic nitrogens is 2. The minimum atomic E-state index is -0.981. The van der Waals surface area contributed by atoms with Crippen LogP contribution in [0.2, 0.25) is 0 Å². The van der Waals surface area contributed by atoms with Crippen molar-refractivity contribution in [2.75, 3.05) is 28.6 Å². The van der Waals surface area contributed by atoms with E-state index >= 15 is 0 Å². The molecule has 4 aromatic rings. The number of rotatable bonds is 11. The number of nitrogens with one attached hydrogen (secondary N) is 3. The summed E-state index contributed by atoms with van der Waals surface area (Å²) in [6, 6.07) is 23.3. The van der Waals surface area contributed by atoms with Crippen molar-refractivity contribution in [1.29, 1.82) is 0 Å². The largest absolute Gasteiger partial charge is 0.487 e. The lowest BCUT2D eigenvalue weighted by molar-refractivity contribution is -0.136. The third-order valence-corrected chi connectivity index (χ3v) is 12.1. The first kappa shape index (κ1) is 35.6. The Labute approximate surface area is 324 Å². The molecule has 3 aromatic carbocycles. The second-order valence-electron chi connectivity index (χ2n) is 16.5. The van der Waals surface area contributed by atoms with Gasteiger partial charge in [-0.15, -0.1) is 0 Å². The molecule has 286 valence electrons. The van der Waals surface area contributed by atoms with E-state index in [4.69, 9.17) is 9.72 Å². The second kappa shape index (κ2) is 13.6. The Hall–Kier alpha value is -6.11. The Bertz CT molecular complexity index is 2250. The Kier molecular flexibility index (Phi) is 8.62. The van der Waals surface area contributed by atoms with E-state index < -0.39 is 29.7 Å². The summed E-state index contributed by atoms with van der Waals surface area (Å²) in [4.78, 5) is 73.9. The van der Waals surface area contributed by atoms with Crippen LogP contribution < -0.4 is 25.6 Å². The van der Waals surface area contributed by atoms with Crippen molar-refractivity contribution in [2.45, 2.75) is 82.5 Å². The number of fused-ring (bicyclic) bond motifs is 1. The number of carbonyl (C=O) groups excluding carboxylic acids is 5. The molecule has 2 saturated carbocycles. The Morgan fingerprint density at radius 3 is 2.14 bits per heavy atom. The first-order chi connectivity index (χ1) is 26.9. The number of nitrogens with zero attached hydrogens (tertiary/aromatic N) is 4. The molecular formula is C43H43N7O6. The Morgan fingerprint density at radius 2 is 1.46 bits per heavy atom. The molecule has 56 heavy (non-hydrogen) atoms. The second-order valence-corrected chi connectivity index (χ2v) is 16.5. The number of Topliss-reactive ketones (excluding diaryl/α,β-unsaturated/α-hetero) is 1. The molecule has 3 aliphatic heterocycles.